The number of nitrogens with zero attached hydrogens (tertiary/aromatic N) is 2. The summed E-state index contributed by atoms with van der Waals surface area (Å²) < 4.78 is 34.4. The molecule has 0 aliphatic carbocycles. The molecule has 3 aromatic rings. The van der Waals surface area contributed by atoms with Gasteiger partial charge in [0, 0.05) is 19.6 Å². The van der Waals surface area contributed by atoms with Crippen LogP contribution in [-0.2, 0) is 21.3 Å². The van der Waals surface area contributed by atoms with Gasteiger partial charge >= 0.3 is 11.7 Å². The van der Waals surface area contributed by atoms with E-state index >= 15 is 0 Å². The molecule has 1 N–H and O–H groups in total. The van der Waals surface area contributed by atoms with E-state index in [9.17, 15) is 18.0 Å². The first kappa shape index (κ1) is 22.3. The number of H-pyrrole nitrogens is 1. The van der Waals surface area contributed by atoms with Crippen molar-refractivity contribution in [3.63, 3.8) is 0 Å². The van der Waals surface area contributed by atoms with Crippen molar-refractivity contribution in [1.82, 2.24) is 13.9 Å². The Morgan fingerprint density at radius 3 is 2.62 bits per heavy atom. The van der Waals surface area contributed by atoms with E-state index in [1.54, 1.807) is 23.6 Å². The van der Waals surface area contributed by atoms with Gasteiger partial charge in [0.2, 0.25) is 10.0 Å². The van der Waals surface area contributed by atoms with E-state index in [0.717, 1.165) is 30.3 Å². The van der Waals surface area contributed by atoms with E-state index in [1.807, 2.05) is 24.3 Å². The number of carbonyl (C=O) groups is 1. The summed E-state index contributed by atoms with van der Waals surface area (Å²) in [5.41, 5.74) is 2.25. The molecule has 1 aromatic heterocycles. The number of rotatable bonds is 7. The number of nitrogens with one attached hydrogen (secondary N) is 1. The van der Waals surface area contributed by atoms with Crippen LogP contribution < -0.4 is 5.69 Å². The highest BCUT2D eigenvalue weighted by Crippen LogP contribution is 2.23. The van der Waals surface area contributed by atoms with Crippen molar-refractivity contribution in [3.8, 4) is 0 Å². The number of piperidine rings is 1. The average Bonchev–Trinajstić information content (AvgIpc) is 3.12. The number of hydrogen-bond acceptors (Lipinski definition) is 5. The number of esters is 1. The quantitative estimate of drug-likeness (QED) is 0.434. The van der Waals surface area contributed by atoms with E-state index in [4.69, 9.17) is 4.74 Å². The minimum absolute atomic E-state index is 0.113. The summed E-state index contributed by atoms with van der Waals surface area (Å²) in [6, 6.07) is 12.0. The second kappa shape index (κ2) is 9.30. The summed E-state index contributed by atoms with van der Waals surface area (Å²) in [6.45, 7) is 3.28. The van der Waals surface area contributed by atoms with Gasteiger partial charge in [-0.2, -0.15) is 4.31 Å². The van der Waals surface area contributed by atoms with Crippen LogP contribution in [0.5, 0.6) is 0 Å². The molecule has 0 bridgehead atoms. The highest BCUT2D eigenvalue weighted by Gasteiger charge is 2.27. The normalized spacial score (nSPS) is 15.2. The zero-order chi connectivity index (χ0) is 22.7. The molecule has 9 heteroatoms. The average molecular weight is 458 g/mol. The Kier molecular flexibility index (Phi) is 6.48. The predicted molar refractivity (Wildman–Crippen MR) is 121 cm³/mol. The molecule has 2 heterocycles. The largest absolute Gasteiger partial charge is 0.462 e. The van der Waals surface area contributed by atoms with E-state index in [-0.39, 0.29) is 22.8 Å². The van der Waals surface area contributed by atoms with Crippen molar-refractivity contribution in [2.24, 2.45) is 0 Å². The lowest BCUT2D eigenvalue weighted by Gasteiger charge is -2.26. The molecule has 0 spiro atoms. The third kappa shape index (κ3) is 4.49. The van der Waals surface area contributed by atoms with E-state index < -0.39 is 16.0 Å². The third-order valence-electron chi connectivity index (χ3n) is 5.82. The van der Waals surface area contributed by atoms with Gasteiger partial charge in [0.25, 0.3) is 0 Å². The highest BCUT2D eigenvalue weighted by atomic mass is 32.2. The van der Waals surface area contributed by atoms with Crippen molar-refractivity contribution >= 4 is 27.0 Å². The van der Waals surface area contributed by atoms with Crippen molar-refractivity contribution in [3.05, 3.63) is 64.1 Å². The first-order chi connectivity index (χ1) is 15.4. The Morgan fingerprint density at radius 1 is 1.09 bits per heavy atom. The molecule has 4 rings (SSSR count). The fourth-order valence-corrected chi connectivity index (χ4v) is 5.57. The highest BCUT2D eigenvalue weighted by molar-refractivity contribution is 7.89. The SMILES string of the molecule is Cc1ccc(S(=O)(=O)N2CCCCC2)cc1C(=O)OCCCn1c(=O)[nH]c2ccccc21. The van der Waals surface area contributed by atoms with Gasteiger partial charge in [-0.3, -0.25) is 4.57 Å². The lowest BCUT2D eigenvalue weighted by Crippen LogP contribution is -2.35. The van der Waals surface area contributed by atoms with Gasteiger partial charge in [-0.25, -0.2) is 18.0 Å². The van der Waals surface area contributed by atoms with Crippen LogP contribution in [0.1, 0.15) is 41.6 Å². The summed E-state index contributed by atoms with van der Waals surface area (Å²) in [6.07, 6.45) is 3.18. The molecule has 1 fully saturated rings. The molecule has 0 saturated carbocycles. The standard InChI is InChI=1S/C23H27N3O5S/c1-17-10-11-18(32(29,30)25-12-5-2-6-13-25)16-19(17)22(27)31-15-7-14-26-21-9-4-3-8-20(21)24-23(26)28/h3-4,8-11,16H,2,5-7,12-15H2,1H3,(H,24,28). The molecule has 1 aliphatic heterocycles. The molecule has 1 aliphatic rings. The number of ether oxygens (including phenoxy) is 1. The molecular weight excluding hydrogens is 430 g/mol. The lowest BCUT2D eigenvalue weighted by atomic mass is 10.1. The first-order valence-corrected chi connectivity index (χ1v) is 12.3. The Labute approximate surface area is 186 Å². The zero-order valence-corrected chi connectivity index (χ0v) is 18.9. The number of carbonyl (C=O) groups excluding carboxylic acids is 1. The molecule has 0 atom stereocenters. The number of benzene rings is 2. The number of sulfonamides is 1. The van der Waals surface area contributed by atoms with Gasteiger partial charge in [-0.05, 0) is 56.0 Å². The van der Waals surface area contributed by atoms with E-state index in [1.165, 1.54) is 10.4 Å². The van der Waals surface area contributed by atoms with Gasteiger partial charge in [0.15, 0.2) is 0 Å². The van der Waals surface area contributed by atoms with Crippen LogP contribution in [0.25, 0.3) is 11.0 Å². The van der Waals surface area contributed by atoms with Crippen molar-refractivity contribution < 1.29 is 17.9 Å². The smallest absolute Gasteiger partial charge is 0.338 e. The molecule has 170 valence electrons. The van der Waals surface area contributed by atoms with Gasteiger partial charge in [0.05, 0.1) is 28.1 Å². The van der Waals surface area contributed by atoms with Crippen LogP contribution in [0.15, 0.2) is 52.2 Å². The predicted octanol–water partition coefficient (Wildman–Crippen LogP) is 3.06. The monoisotopic (exact) mass is 457 g/mol. The van der Waals surface area contributed by atoms with Crippen molar-refractivity contribution in [2.45, 2.75) is 44.0 Å². The van der Waals surface area contributed by atoms with Gasteiger partial charge in [-0.15, -0.1) is 0 Å². The topological polar surface area (TPSA) is 101 Å². The number of aryl methyl sites for hydroxylation is 2. The number of aromatic nitrogens is 2. The Morgan fingerprint density at radius 2 is 1.84 bits per heavy atom. The van der Waals surface area contributed by atoms with Crippen LogP contribution in [0, 0.1) is 6.92 Å². The molecular formula is C23H27N3O5S. The number of imidazole rings is 1. The molecule has 0 radical (unpaired) electrons. The second-order valence-corrected chi connectivity index (χ2v) is 9.97. The number of para-hydroxylation sites is 2. The number of aromatic amines is 1. The van der Waals surface area contributed by atoms with Crippen LogP contribution in [-0.4, -0.2) is 47.9 Å². The molecule has 2 aromatic carbocycles. The lowest BCUT2D eigenvalue weighted by molar-refractivity contribution is 0.0495. The molecule has 32 heavy (non-hydrogen) atoms. The second-order valence-electron chi connectivity index (χ2n) is 8.03. The van der Waals surface area contributed by atoms with Crippen LogP contribution in [0.3, 0.4) is 0 Å². The Hall–Kier alpha value is -2.91. The third-order valence-corrected chi connectivity index (χ3v) is 7.72. The minimum Gasteiger partial charge on any atom is -0.462 e. The minimum atomic E-state index is -3.63. The van der Waals surface area contributed by atoms with Crippen LogP contribution >= 0.6 is 0 Å². The molecule has 0 unspecified atom stereocenters. The maximum absolute atomic E-state index is 12.9. The van der Waals surface area contributed by atoms with Crippen molar-refractivity contribution in [2.75, 3.05) is 19.7 Å². The number of fused-ring (bicyclic) bond motifs is 1. The van der Waals surface area contributed by atoms with Crippen molar-refractivity contribution in [1.29, 1.82) is 0 Å². The summed E-state index contributed by atoms with van der Waals surface area (Å²) >= 11 is 0. The fraction of sp³-hybridized carbons (Fsp3) is 0.391. The summed E-state index contributed by atoms with van der Waals surface area (Å²) in [7, 11) is -3.63. The summed E-state index contributed by atoms with van der Waals surface area (Å²) in [4.78, 5) is 27.7. The fourth-order valence-electron chi connectivity index (χ4n) is 4.03. The van der Waals surface area contributed by atoms with Gasteiger partial charge < -0.3 is 9.72 Å². The maximum Gasteiger partial charge on any atom is 0.338 e. The first-order valence-electron chi connectivity index (χ1n) is 10.8. The van der Waals surface area contributed by atoms with E-state index in [2.05, 4.69) is 4.98 Å². The van der Waals surface area contributed by atoms with Gasteiger partial charge in [0.1, 0.15) is 0 Å². The molecule has 1 saturated heterocycles. The van der Waals surface area contributed by atoms with Crippen LogP contribution in [0.2, 0.25) is 0 Å². The van der Waals surface area contributed by atoms with Crippen LogP contribution in [0.4, 0.5) is 0 Å². The number of hydrogen-bond donors (Lipinski definition) is 1. The maximum atomic E-state index is 12.9. The molecule has 0 amide bonds. The summed E-state index contributed by atoms with van der Waals surface area (Å²) in [5.74, 6) is -0.565. The zero-order valence-electron chi connectivity index (χ0n) is 18.0. The Bertz CT molecular complexity index is 1290. The van der Waals surface area contributed by atoms with E-state index in [0.29, 0.717) is 31.6 Å². The Balaban J connectivity index is 1.41. The van der Waals surface area contributed by atoms with Gasteiger partial charge in [-0.1, -0.05) is 24.6 Å². The molecule has 8 nitrogen and oxygen atoms in total. The summed E-state index contributed by atoms with van der Waals surface area (Å²) in [5, 5.41) is 0.